The number of methoxy groups -OCH3 is 1. The number of aliphatic imine (C=N–C) groups is 1. The second-order valence-electron chi connectivity index (χ2n) is 6.64. The van der Waals surface area contributed by atoms with E-state index in [0.29, 0.717) is 24.2 Å². The monoisotopic (exact) mass is 417 g/mol. The number of likely N-dealkylation sites (N-methyl/N-ethyl adjacent to an activating group) is 1. The molecule has 0 radical (unpaired) electrons. The van der Waals surface area contributed by atoms with E-state index < -0.39 is 0 Å². The SMILES string of the molecule is COc1ccc(CCNC(=NCC(=O)N(C)C)NCCc2ccc(Cl)nc2)cc1. The van der Waals surface area contributed by atoms with Gasteiger partial charge in [-0.15, -0.1) is 0 Å². The van der Waals surface area contributed by atoms with E-state index in [1.54, 1.807) is 33.5 Å². The van der Waals surface area contributed by atoms with Crippen molar-refractivity contribution in [2.45, 2.75) is 12.8 Å². The quantitative estimate of drug-likeness (QED) is 0.371. The third-order valence-corrected chi connectivity index (χ3v) is 4.45. The summed E-state index contributed by atoms with van der Waals surface area (Å²) in [5, 5.41) is 7.03. The summed E-state index contributed by atoms with van der Waals surface area (Å²) >= 11 is 5.82. The van der Waals surface area contributed by atoms with Crippen molar-refractivity contribution >= 4 is 23.5 Å². The lowest BCUT2D eigenvalue weighted by Gasteiger charge is -2.14. The van der Waals surface area contributed by atoms with Crippen LogP contribution in [0.1, 0.15) is 11.1 Å². The summed E-state index contributed by atoms with van der Waals surface area (Å²) in [5.74, 6) is 1.39. The van der Waals surface area contributed by atoms with E-state index in [-0.39, 0.29) is 12.5 Å². The Balaban J connectivity index is 1.87. The van der Waals surface area contributed by atoms with Gasteiger partial charge in [-0.2, -0.15) is 0 Å². The van der Waals surface area contributed by atoms with Crippen LogP contribution in [0.4, 0.5) is 0 Å². The Kier molecular flexibility index (Phi) is 9.24. The molecule has 0 unspecified atom stereocenters. The minimum atomic E-state index is -0.0526. The number of guanidine groups is 1. The Morgan fingerprint density at radius 3 is 2.24 bits per heavy atom. The first kappa shape index (κ1) is 22.5. The largest absolute Gasteiger partial charge is 0.497 e. The standard InChI is InChI=1S/C21H28ClN5O2/c1-27(2)20(28)15-26-21(24-13-11-17-6-9-19(22)25-14-17)23-12-10-16-4-7-18(29-3)8-5-16/h4-9,14H,10-13,15H2,1-3H3,(H2,23,24,26). The van der Waals surface area contributed by atoms with Crippen LogP contribution in [0.2, 0.25) is 5.15 Å². The minimum absolute atomic E-state index is 0.0526. The molecule has 8 heteroatoms. The number of carbonyl (C=O) groups excluding carboxylic acids is 1. The molecule has 1 heterocycles. The maximum atomic E-state index is 11.9. The highest BCUT2D eigenvalue weighted by Gasteiger charge is 2.05. The fourth-order valence-corrected chi connectivity index (χ4v) is 2.57. The summed E-state index contributed by atoms with van der Waals surface area (Å²) in [6, 6.07) is 11.7. The average Bonchev–Trinajstić information content (AvgIpc) is 2.73. The lowest BCUT2D eigenvalue weighted by atomic mass is 10.1. The number of pyridine rings is 1. The topological polar surface area (TPSA) is 78.8 Å². The van der Waals surface area contributed by atoms with E-state index in [9.17, 15) is 4.79 Å². The summed E-state index contributed by atoms with van der Waals surface area (Å²) in [7, 11) is 5.09. The van der Waals surface area contributed by atoms with Crippen molar-refractivity contribution in [1.29, 1.82) is 0 Å². The number of hydrogen-bond donors (Lipinski definition) is 2. The summed E-state index contributed by atoms with van der Waals surface area (Å²) in [6.07, 6.45) is 3.35. The van der Waals surface area contributed by atoms with Gasteiger partial charge in [0.15, 0.2) is 5.96 Å². The molecule has 1 aromatic carbocycles. The molecule has 2 N–H and O–H groups in total. The first-order valence-corrected chi connectivity index (χ1v) is 9.81. The summed E-state index contributed by atoms with van der Waals surface area (Å²) in [5.41, 5.74) is 2.26. The predicted molar refractivity (Wildman–Crippen MR) is 117 cm³/mol. The van der Waals surface area contributed by atoms with Crippen LogP contribution in [0.3, 0.4) is 0 Å². The molecule has 2 aromatic rings. The van der Waals surface area contributed by atoms with Crippen molar-refractivity contribution in [2.24, 2.45) is 4.99 Å². The van der Waals surface area contributed by atoms with Crippen molar-refractivity contribution in [3.05, 3.63) is 58.9 Å². The van der Waals surface area contributed by atoms with Crippen molar-refractivity contribution in [2.75, 3.05) is 40.8 Å². The van der Waals surface area contributed by atoms with E-state index in [2.05, 4.69) is 20.6 Å². The fraction of sp³-hybridized carbons (Fsp3) is 0.381. The van der Waals surface area contributed by atoms with Gasteiger partial charge in [-0.05, 0) is 42.2 Å². The van der Waals surface area contributed by atoms with Gasteiger partial charge in [0.25, 0.3) is 0 Å². The van der Waals surface area contributed by atoms with E-state index in [1.807, 2.05) is 30.3 Å². The van der Waals surface area contributed by atoms with Crippen LogP contribution >= 0.6 is 11.6 Å². The molecule has 0 aliphatic carbocycles. The Hall–Kier alpha value is -2.80. The Bertz CT molecular complexity index is 792. The molecule has 0 aliphatic heterocycles. The molecule has 29 heavy (non-hydrogen) atoms. The maximum Gasteiger partial charge on any atom is 0.243 e. The molecular formula is C21H28ClN5O2. The zero-order chi connectivity index (χ0) is 21.1. The summed E-state index contributed by atoms with van der Waals surface area (Å²) < 4.78 is 5.18. The average molecular weight is 418 g/mol. The van der Waals surface area contributed by atoms with E-state index in [4.69, 9.17) is 16.3 Å². The molecule has 0 spiro atoms. The van der Waals surface area contributed by atoms with E-state index >= 15 is 0 Å². The zero-order valence-electron chi connectivity index (χ0n) is 17.1. The number of rotatable bonds is 9. The number of aromatic nitrogens is 1. The van der Waals surface area contributed by atoms with Crippen molar-refractivity contribution in [3.8, 4) is 5.75 Å². The Morgan fingerprint density at radius 1 is 1.07 bits per heavy atom. The van der Waals surface area contributed by atoms with Gasteiger partial charge < -0.3 is 20.3 Å². The lowest BCUT2D eigenvalue weighted by Crippen LogP contribution is -2.40. The van der Waals surface area contributed by atoms with Crippen LogP contribution in [0, 0.1) is 0 Å². The minimum Gasteiger partial charge on any atom is -0.497 e. The van der Waals surface area contributed by atoms with Gasteiger partial charge in [-0.3, -0.25) is 4.79 Å². The molecule has 1 amide bonds. The molecular weight excluding hydrogens is 390 g/mol. The molecule has 0 saturated carbocycles. The highest BCUT2D eigenvalue weighted by atomic mass is 35.5. The summed E-state index contributed by atoms with van der Waals surface area (Å²) in [6.45, 7) is 1.44. The number of benzene rings is 1. The first-order valence-electron chi connectivity index (χ1n) is 9.43. The smallest absolute Gasteiger partial charge is 0.243 e. The lowest BCUT2D eigenvalue weighted by molar-refractivity contribution is -0.127. The first-order chi connectivity index (χ1) is 14.0. The predicted octanol–water partition coefficient (Wildman–Crippen LogP) is 2.15. The third-order valence-electron chi connectivity index (χ3n) is 4.23. The zero-order valence-corrected chi connectivity index (χ0v) is 17.9. The molecule has 7 nitrogen and oxygen atoms in total. The number of amides is 1. The molecule has 1 aromatic heterocycles. The van der Waals surface area contributed by atoms with Crippen molar-refractivity contribution in [1.82, 2.24) is 20.5 Å². The van der Waals surface area contributed by atoms with Gasteiger partial charge in [-0.25, -0.2) is 9.98 Å². The fourth-order valence-electron chi connectivity index (χ4n) is 2.46. The Morgan fingerprint density at radius 2 is 1.69 bits per heavy atom. The number of nitrogens with zero attached hydrogens (tertiary/aromatic N) is 3. The molecule has 0 saturated heterocycles. The molecule has 156 valence electrons. The van der Waals surface area contributed by atoms with Crippen LogP contribution < -0.4 is 15.4 Å². The number of hydrogen-bond acceptors (Lipinski definition) is 4. The van der Waals surface area contributed by atoms with Crippen LogP contribution in [-0.2, 0) is 17.6 Å². The normalized spacial score (nSPS) is 11.1. The molecule has 0 fully saturated rings. The highest BCUT2D eigenvalue weighted by molar-refractivity contribution is 6.29. The maximum absolute atomic E-state index is 11.9. The third kappa shape index (κ3) is 8.39. The summed E-state index contributed by atoms with van der Waals surface area (Å²) in [4.78, 5) is 21.9. The molecule has 2 rings (SSSR count). The molecule has 0 bridgehead atoms. The molecule has 0 atom stereocenters. The van der Waals surface area contributed by atoms with Gasteiger partial charge in [0.2, 0.25) is 5.91 Å². The highest BCUT2D eigenvalue weighted by Crippen LogP contribution is 2.11. The van der Waals surface area contributed by atoms with E-state index in [1.165, 1.54) is 10.5 Å². The van der Waals surface area contributed by atoms with Crippen LogP contribution in [0.25, 0.3) is 0 Å². The second-order valence-corrected chi connectivity index (χ2v) is 7.03. The van der Waals surface area contributed by atoms with Gasteiger partial charge in [0, 0.05) is 33.4 Å². The van der Waals surface area contributed by atoms with Crippen molar-refractivity contribution in [3.63, 3.8) is 0 Å². The van der Waals surface area contributed by atoms with Crippen LogP contribution in [-0.4, -0.2) is 62.6 Å². The van der Waals surface area contributed by atoms with Gasteiger partial charge in [-0.1, -0.05) is 29.8 Å². The number of carbonyl (C=O) groups is 1. The van der Waals surface area contributed by atoms with Crippen LogP contribution in [0.15, 0.2) is 47.6 Å². The van der Waals surface area contributed by atoms with Gasteiger partial charge >= 0.3 is 0 Å². The number of halogens is 1. The van der Waals surface area contributed by atoms with E-state index in [0.717, 1.165) is 24.2 Å². The number of nitrogens with one attached hydrogen (secondary N) is 2. The van der Waals surface area contributed by atoms with Gasteiger partial charge in [0.05, 0.1) is 7.11 Å². The number of ether oxygens (including phenoxy) is 1. The second kappa shape index (κ2) is 11.9. The molecule has 0 aliphatic rings. The van der Waals surface area contributed by atoms with Gasteiger partial charge in [0.1, 0.15) is 17.4 Å². The Labute approximate surface area is 177 Å². The van der Waals surface area contributed by atoms with Crippen molar-refractivity contribution < 1.29 is 9.53 Å². The van der Waals surface area contributed by atoms with Crippen LogP contribution in [0.5, 0.6) is 5.75 Å².